The Morgan fingerprint density at radius 2 is 1.29 bits per heavy atom. The number of hydrogen-bond donors (Lipinski definition) is 0. The van der Waals surface area contributed by atoms with Gasteiger partial charge >= 0.3 is 23.9 Å². The Kier molecular flexibility index (Phi) is 8.70. The smallest absolute Gasteiger partial charge is 0.303 e. The van der Waals surface area contributed by atoms with Crippen LogP contribution in [0.3, 0.4) is 0 Å². The maximum atomic E-state index is 11.8. The third-order valence-electron chi connectivity index (χ3n) is 3.22. The van der Waals surface area contributed by atoms with Crippen molar-refractivity contribution in [1.82, 2.24) is 0 Å². The van der Waals surface area contributed by atoms with Crippen molar-refractivity contribution in [2.45, 2.75) is 57.5 Å². The molecule has 0 spiro atoms. The zero-order chi connectivity index (χ0) is 21.6. The quantitative estimate of drug-likeness (QED) is 0.291. The first kappa shape index (κ1) is 24.2. The number of carbonyl (C=O) groups excluding carboxylic acids is 4. The van der Waals surface area contributed by atoms with Crippen LogP contribution in [0.25, 0.3) is 0 Å². The minimum absolute atomic E-state index is 0.318. The van der Waals surface area contributed by atoms with E-state index in [0.29, 0.717) is 10.8 Å². The van der Waals surface area contributed by atoms with Gasteiger partial charge in [-0.3, -0.25) is 19.2 Å². The molecule has 0 N–H and O–H groups in total. The summed E-state index contributed by atoms with van der Waals surface area (Å²) in [5, 5.41) is 0. The molecule has 1 fully saturated rings. The Bertz CT molecular complexity index is 717. The molecular formula is C15H22O11S2. The molecule has 13 heteroatoms. The van der Waals surface area contributed by atoms with Crippen LogP contribution in [0.15, 0.2) is 0 Å². The zero-order valence-electron chi connectivity index (χ0n) is 15.9. The average molecular weight is 442 g/mol. The van der Waals surface area contributed by atoms with Gasteiger partial charge in [0.1, 0.15) is 12.7 Å². The maximum absolute atomic E-state index is 11.8. The fourth-order valence-electron chi connectivity index (χ4n) is 2.44. The Morgan fingerprint density at radius 3 is 1.71 bits per heavy atom. The molecule has 11 nitrogen and oxygen atoms in total. The highest BCUT2D eigenvalue weighted by Crippen LogP contribution is 2.36. The average Bonchev–Trinajstić information content (AvgIpc) is 2.48. The van der Waals surface area contributed by atoms with Crippen LogP contribution in [-0.4, -0.2) is 75.0 Å². The first-order chi connectivity index (χ1) is 12.8. The predicted octanol–water partition coefficient (Wildman–Crippen LogP) is -0.238. The number of rotatable bonds is 7. The maximum Gasteiger partial charge on any atom is 0.303 e. The lowest BCUT2D eigenvalue weighted by Gasteiger charge is -2.43. The van der Waals surface area contributed by atoms with Crippen LogP contribution >= 0.6 is 10.8 Å². The second-order valence-corrected chi connectivity index (χ2v) is 10.3. The molecule has 1 aliphatic heterocycles. The van der Waals surface area contributed by atoms with Gasteiger partial charge < -0.3 is 23.7 Å². The second-order valence-electron chi connectivity index (χ2n) is 5.87. The predicted molar refractivity (Wildman–Crippen MR) is 94.4 cm³/mol. The number of esters is 4. The molecule has 0 aliphatic carbocycles. The topological polar surface area (TPSA) is 149 Å². The normalized spacial score (nSPS) is 27.4. The molecule has 0 bridgehead atoms. The minimum atomic E-state index is -3.70. The lowest BCUT2D eigenvalue weighted by atomic mass is 9.99. The van der Waals surface area contributed by atoms with E-state index < -0.39 is 69.2 Å². The summed E-state index contributed by atoms with van der Waals surface area (Å²) >= 11 is 0. The Labute approximate surface area is 165 Å². The Balaban J connectivity index is 3.36. The summed E-state index contributed by atoms with van der Waals surface area (Å²) in [4.78, 5) is 45.8. The first-order valence-corrected chi connectivity index (χ1v) is 11.3. The standard InChI is InChI=1S/C15H22O11S2/c1-7(16)22-6-11-12(23-8(2)17)13(24-9(3)18)14(25-10(4)19)15(26-11)27-28(5,20)21/h11-15H,6H2,1-5H3/t11-,12+,13+,14-,15+/m1/s1. The third-order valence-corrected chi connectivity index (χ3v) is 5.75. The van der Waals surface area contributed by atoms with E-state index in [4.69, 9.17) is 23.7 Å². The summed E-state index contributed by atoms with van der Waals surface area (Å²) in [7, 11) is -3.38. The van der Waals surface area contributed by atoms with Crippen LogP contribution in [0, 0.1) is 0 Å². The number of hydrogen-bond acceptors (Lipinski definition) is 12. The van der Waals surface area contributed by atoms with E-state index in [1.807, 2.05) is 0 Å². The fourth-order valence-corrected chi connectivity index (χ4v) is 4.79. The summed E-state index contributed by atoms with van der Waals surface area (Å²) < 4.78 is 49.5. The first-order valence-electron chi connectivity index (χ1n) is 7.99. The summed E-state index contributed by atoms with van der Waals surface area (Å²) in [6, 6.07) is 0. The highest BCUT2D eigenvalue weighted by molar-refractivity contribution is 8.72. The third kappa shape index (κ3) is 8.02. The lowest BCUT2D eigenvalue weighted by Crippen LogP contribution is -2.61. The van der Waals surface area contributed by atoms with Gasteiger partial charge in [0.15, 0.2) is 23.7 Å². The van der Waals surface area contributed by atoms with E-state index in [0.717, 1.165) is 34.0 Å². The van der Waals surface area contributed by atoms with E-state index in [9.17, 15) is 27.6 Å². The van der Waals surface area contributed by atoms with Crippen molar-refractivity contribution in [3.8, 4) is 0 Å². The largest absolute Gasteiger partial charge is 0.463 e. The van der Waals surface area contributed by atoms with E-state index in [1.54, 1.807) is 0 Å². The van der Waals surface area contributed by atoms with E-state index in [-0.39, 0.29) is 0 Å². The van der Waals surface area contributed by atoms with Crippen molar-refractivity contribution < 1.29 is 51.3 Å². The highest BCUT2D eigenvalue weighted by Gasteiger charge is 2.53. The monoisotopic (exact) mass is 442 g/mol. The molecule has 0 aromatic carbocycles. The van der Waals surface area contributed by atoms with E-state index in [1.165, 1.54) is 0 Å². The zero-order valence-corrected chi connectivity index (χ0v) is 17.5. The van der Waals surface area contributed by atoms with Gasteiger partial charge in [-0.25, -0.2) is 8.42 Å². The summed E-state index contributed by atoms with van der Waals surface area (Å²) in [6.07, 6.45) is -4.38. The SMILES string of the molecule is CC(=O)OC[C@H]1O[C@@H](SS(C)(=O)=O)[C@H](OC(C)=O)[C@@H](OC(C)=O)[C@H]1OC(C)=O. The number of carbonyl (C=O) groups is 4. The molecule has 1 heterocycles. The van der Waals surface area contributed by atoms with Gasteiger partial charge in [0.2, 0.25) is 8.87 Å². The van der Waals surface area contributed by atoms with Crippen molar-refractivity contribution in [3.63, 3.8) is 0 Å². The summed E-state index contributed by atoms with van der Waals surface area (Å²) in [6.45, 7) is 3.95. The molecule has 160 valence electrons. The van der Waals surface area contributed by atoms with Crippen LogP contribution in [-0.2, 0) is 51.7 Å². The Hall–Kier alpha value is -1.86. The van der Waals surface area contributed by atoms with Crippen LogP contribution in [0.2, 0.25) is 0 Å². The van der Waals surface area contributed by atoms with E-state index >= 15 is 0 Å². The molecule has 0 unspecified atom stereocenters. The van der Waals surface area contributed by atoms with Gasteiger partial charge in [0.05, 0.1) is 0 Å². The van der Waals surface area contributed by atoms with Gasteiger partial charge in [-0.15, -0.1) is 0 Å². The molecule has 1 aliphatic rings. The number of ether oxygens (including phenoxy) is 5. The minimum Gasteiger partial charge on any atom is -0.463 e. The summed E-state index contributed by atoms with van der Waals surface area (Å²) in [5.41, 5.74) is -1.34. The van der Waals surface area contributed by atoms with Crippen molar-refractivity contribution >= 4 is 43.5 Å². The molecule has 1 rings (SSSR count). The van der Waals surface area contributed by atoms with Gasteiger partial charge in [-0.1, -0.05) is 0 Å². The van der Waals surface area contributed by atoms with Gasteiger partial charge in [-0.2, -0.15) is 0 Å². The van der Waals surface area contributed by atoms with Gasteiger partial charge in [-0.05, 0) is 0 Å². The second kappa shape index (κ2) is 10.1. The van der Waals surface area contributed by atoms with Crippen LogP contribution < -0.4 is 0 Å². The van der Waals surface area contributed by atoms with Crippen molar-refractivity contribution in [1.29, 1.82) is 0 Å². The van der Waals surface area contributed by atoms with Crippen molar-refractivity contribution in [2.24, 2.45) is 0 Å². The molecule has 1 saturated heterocycles. The van der Waals surface area contributed by atoms with Crippen LogP contribution in [0.1, 0.15) is 27.7 Å². The molecule has 0 radical (unpaired) electrons. The molecular weight excluding hydrogens is 420 g/mol. The molecule has 0 aromatic rings. The van der Waals surface area contributed by atoms with Crippen molar-refractivity contribution in [2.75, 3.05) is 12.9 Å². The summed E-state index contributed by atoms with van der Waals surface area (Å²) in [5.74, 6) is -3.03. The van der Waals surface area contributed by atoms with Crippen LogP contribution in [0.4, 0.5) is 0 Å². The van der Waals surface area contributed by atoms with Crippen LogP contribution in [0.5, 0.6) is 0 Å². The lowest BCUT2D eigenvalue weighted by molar-refractivity contribution is -0.237. The van der Waals surface area contributed by atoms with Crippen molar-refractivity contribution in [3.05, 3.63) is 0 Å². The molecule has 5 atom stereocenters. The molecule has 0 saturated carbocycles. The highest BCUT2D eigenvalue weighted by atomic mass is 33.1. The van der Waals surface area contributed by atoms with Gasteiger partial charge in [0.25, 0.3) is 0 Å². The molecule has 28 heavy (non-hydrogen) atoms. The molecule has 0 aromatic heterocycles. The van der Waals surface area contributed by atoms with E-state index in [2.05, 4.69) is 0 Å². The fraction of sp³-hybridized carbons (Fsp3) is 0.733. The molecule has 0 amide bonds. The Morgan fingerprint density at radius 1 is 0.821 bits per heavy atom. The van der Waals surface area contributed by atoms with Gasteiger partial charge in [0, 0.05) is 44.7 Å².